The van der Waals surface area contributed by atoms with Gasteiger partial charge < -0.3 is 0 Å². The Hall–Kier alpha value is -0.420. The molecule has 0 bridgehead atoms. The van der Waals surface area contributed by atoms with E-state index in [-0.39, 0.29) is 0 Å². The van der Waals surface area contributed by atoms with Gasteiger partial charge in [-0.2, -0.15) is 0 Å². The predicted octanol–water partition coefficient (Wildman–Crippen LogP) is 4.36. The molecule has 0 aliphatic carbocycles. The van der Waals surface area contributed by atoms with E-state index in [9.17, 15) is 0 Å². The van der Waals surface area contributed by atoms with Crippen LogP contribution in [-0.2, 0) is 4.43 Å². The fourth-order valence-corrected chi connectivity index (χ4v) is 3.38. The van der Waals surface area contributed by atoms with E-state index >= 15 is 0 Å². The Morgan fingerprint density at radius 1 is 1.33 bits per heavy atom. The number of benzene rings is 1. The van der Waals surface area contributed by atoms with Crippen molar-refractivity contribution in [2.45, 2.75) is 18.3 Å². The van der Waals surface area contributed by atoms with Gasteiger partial charge in [0.2, 0.25) is 0 Å². The molecule has 0 atom stereocenters. The topological polar surface area (TPSA) is 12.9 Å². The van der Waals surface area contributed by atoms with Crippen LogP contribution in [0.3, 0.4) is 0 Å². The van der Waals surface area contributed by atoms with Gasteiger partial charge in [-0.25, -0.2) is 4.98 Å². The average Bonchev–Trinajstić information content (AvgIpc) is 2.60. The van der Waals surface area contributed by atoms with Gasteiger partial charge in [0.25, 0.3) is 0 Å². The molecule has 0 fully saturated rings. The third kappa shape index (κ3) is 2.39. The standard InChI is InChI=1S/C12H12INS/c1-8-4-3-5-10(6-8)12-14-11(7-13)9(2)15-12/h3-6H,7H2,1-2H3. The van der Waals surface area contributed by atoms with E-state index in [0.29, 0.717) is 0 Å². The van der Waals surface area contributed by atoms with Crippen molar-refractivity contribution in [3.63, 3.8) is 0 Å². The highest BCUT2D eigenvalue weighted by molar-refractivity contribution is 14.1. The monoisotopic (exact) mass is 329 g/mol. The van der Waals surface area contributed by atoms with Gasteiger partial charge in [0.1, 0.15) is 5.01 Å². The van der Waals surface area contributed by atoms with Gasteiger partial charge >= 0.3 is 0 Å². The maximum Gasteiger partial charge on any atom is 0.123 e. The van der Waals surface area contributed by atoms with Crippen LogP contribution in [0.25, 0.3) is 10.6 Å². The summed E-state index contributed by atoms with van der Waals surface area (Å²) in [6, 6.07) is 8.52. The van der Waals surface area contributed by atoms with Crippen molar-refractivity contribution in [1.82, 2.24) is 4.98 Å². The summed E-state index contributed by atoms with van der Waals surface area (Å²) in [5.74, 6) is 0. The summed E-state index contributed by atoms with van der Waals surface area (Å²) in [5, 5.41) is 1.14. The molecule has 78 valence electrons. The lowest BCUT2D eigenvalue weighted by Crippen LogP contribution is -1.81. The van der Waals surface area contributed by atoms with Crippen molar-refractivity contribution in [2.24, 2.45) is 0 Å². The van der Waals surface area contributed by atoms with Gasteiger partial charge in [-0.3, -0.25) is 0 Å². The summed E-state index contributed by atoms with van der Waals surface area (Å²) in [7, 11) is 0. The highest BCUT2D eigenvalue weighted by atomic mass is 127. The minimum absolute atomic E-state index is 0.992. The van der Waals surface area contributed by atoms with Crippen LogP contribution in [0.4, 0.5) is 0 Å². The van der Waals surface area contributed by atoms with Gasteiger partial charge in [0.05, 0.1) is 5.69 Å². The molecule has 0 aliphatic heterocycles. The SMILES string of the molecule is Cc1cccc(-c2nc(CI)c(C)s2)c1. The van der Waals surface area contributed by atoms with Crippen LogP contribution in [0.5, 0.6) is 0 Å². The van der Waals surface area contributed by atoms with Crippen molar-refractivity contribution >= 4 is 33.9 Å². The van der Waals surface area contributed by atoms with Crippen molar-refractivity contribution in [2.75, 3.05) is 0 Å². The van der Waals surface area contributed by atoms with Crippen LogP contribution in [0, 0.1) is 13.8 Å². The highest BCUT2D eigenvalue weighted by Crippen LogP contribution is 2.28. The molecule has 1 aromatic carbocycles. The smallest absolute Gasteiger partial charge is 0.123 e. The molecule has 1 aromatic heterocycles. The number of alkyl halides is 1. The summed E-state index contributed by atoms with van der Waals surface area (Å²) >= 11 is 4.15. The summed E-state index contributed by atoms with van der Waals surface area (Å²) in [5.41, 5.74) is 3.74. The van der Waals surface area contributed by atoms with Crippen molar-refractivity contribution in [1.29, 1.82) is 0 Å². The zero-order valence-corrected chi connectivity index (χ0v) is 11.7. The Morgan fingerprint density at radius 3 is 2.73 bits per heavy atom. The first-order valence-electron chi connectivity index (χ1n) is 4.80. The Labute approximate surface area is 108 Å². The number of aromatic nitrogens is 1. The molecule has 3 heteroatoms. The van der Waals surface area contributed by atoms with Crippen molar-refractivity contribution in [3.8, 4) is 10.6 Å². The minimum Gasteiger partial charge on any atom is -0.240 e. The third-order valence-electron chi connectivity index (χ3n) is 2.28. The highest BCUT2D eigenvalue weighted by Gasteiger charge is 2.07. The average molecular weight is 329 g/mol. The van der Waals surface area contributed by atoms with E-state index in [1.807, 2.05) is 0 Å². The zero-order chi connectivity index (χ0) is 10.8. The lowest BCUT2D eigenvalue weighted by atomic mass is 10.1. The van der Waals surface area contributed by atoms with Crippen LogP contribution >= 0.6 is 33.9 Å². The molecule has 0 N–H and O–H groups in total. The molecular weight excluding hydrogens is 317 g/mol. The first-order chi connectivity index (χ1) is 7.20. The van der Waals surface area contributed by atoms with E-state index in [2.05, 4.69) is 65.7 Å². The van der Waals surface area contributed by atoms with Gasteiger partial charge in [0.15, 0.2) is 0 Å². The second-order valence-corrected chi connectivity index (χ2v) is 5.49. The Kier molecular flexibility index (Phi) is 3.41. The minimum atomic E-state index is 0.992. The second-order valence-electron chi connectivity index (χ2n) is 3.53. The quantitative estimate of drug-likeness (QED) is 0.589. The maximum absolute atomic E-state index is 4.65. The summed E-state index contributed by atoms with van der Waals surface area (Å²) in [6.45, 7) is 4.26. The van der Waals surface area contributed by atoms with Crippen LogP contribution in [0.2, 0.25) is 0 Å². The van der Waals surface area contributed by atoms with E-state index in [1.54, 1.807) is 11.3 Å². The number of nitrogens with zero attached hydrogens (tertiary/aromatic N) is 1. The van der Waals surface area contributed by atoms with Gasteiger partial charge in [-0.05, 0) is 19.9 Å². The van der Waals surface area contributed by atoms with Gasteiger partial charge in [-0.1, -0.05) is 46.4 Å². The molecule has 0 amide bonds. The lowest BCUT2D eigenvalue weighted by Gasteiger charge is -1.96. The van der Waals surface area contributed by atoms with Crippen LogP contribution in [0.1, 0.15) is 16.1 Å². The molecule has 0 aliphatic rings. The molecule has 0 saturated carbocycles. The third-order valence-corrected chi connectivity index (χ3v) is 4.07. The molecule has 0 radical (unpaired) electrons. The molecular formula is C12H12INS. The Bertz CT molecular complexity index is 476. The van der Waals surface area contributed by atoms with E-state index in [1.165, 1.54) is 21.7 Å². The van der Waals surface area contributed by atoms with Gasteiger partial charge in [-0.15, -0.1) is 11.3 Å². The first-order valence-corrected chi connectivity index (χ1v) is 7.14. The number of aryl methyl sites for hydroxylation is 2. The number of hydrogen-bond donors (Lipinski definition) is 0. The Morgan fingerprint density at radius 2 is 2.13 bits per heavy atom. The normalized spacial score (nSPS) is 10.6. The van der Waals surface area contributed by atoms with E-state index in [4.69, 9.17) is 0 Å². The summed E-state index contributed by atoms with van der Waals surface area (Å²) in [4.78, 5) is 5.98. The molecule has 0 unspecified atom stereocenters. The van der Waals surface area contributed by atoms with Gasteiger partial charge in [0, 0.05) is 14.9 Å². The van der Waals surface area contributed by atoms with Crippen LogP contribution < -0.4 is 0 Å². The number of halogens is 1. The van der Waals surface area contributed by atoms with E-state index < -0.39 is 0 Å². The Balaban J connectivity index is 2.45. The first kappa shape index (κ1) is 11.1. The summed E-state index contributed by atoms with van der Waals surface area (Å²) in [6.07, 6.45) is 0. The number of thiazole rings is 1. The molecule has 0 saturated heterocycles. The zero-order valence-electron chi connectivity index (χ0n) is 8.75. The lowest BCUT2D eigenvalue weighted by molar-refractivity contribution is 1.22. The van der Waals surface area contributed by atoms with E-state index in [0.717, 1.165) is 9.44 Å². The van der Waals surface area contributed by atoms with Crippen LogP contribution in [0.15, 0.2) is 24.3 Å². The number of hydrogen-bond acceptors (Lipinski definition) is 2. The molecule has 1 nitrogen and oxygen atoms in total. The largest absolute Gasteiger partial charge is 0.240 e. The second kappa shape index (κ2) is 4.61. The molecule has 2 aromatic rings. The van der Waals surface area contributed by atoms with Crippen molar-refractivity contribution in [3.05, 3.63) is 40.4 Å². The number of rotatable bonds is 2. The fourth-order valence-electron chi connectivity index (χ4n) is 1.45. The fraction of sp³-hybridized carbons (Fsp3) is 0.250. The molecule has 15 heavy (non-hydrogen) atoms. The predicted molar refractivity (Wildman–Crippen MR) is 74.7 cm³/mol. The van der Waals surface area contributed by atoms with Crippen LogP contribution in [-0.4, -0.2) is 4.98 Å². The molecule has 0 spiro atoms. The van der Waals surface area contributed by atoms with Crippen molar-refractivity contribution < 1.29 is 0 Å². The maximum atomic E-state index is 4.65. The molecule has 1 heterocycles. The molecule has 2 rings (SSSR count). The summed E-state index contributed by atoms with van der Waals surface area (Å²) < 4.78 is 0.992.